The zero-order valence-electron chi connectivity index (χ0n) is 13.1. The van der Waals surface area contributed by atoms with Gasteiger partial charge in [-0.1, -0.05) is 6.92 Å². The Kier molecular flexibility index (Phi) is 7.48. The van der Waals surface area contributed by atoms with Crippen molar-refractivity contribution in [3.63, 3.8) is 0 Å². The number of nitrogens with zero attached hydrogens (tertiary/aromatic N) is 1. The van der Waals surface area contributed by atoms with E-state index in [2.05, 4.69) is 43.4 Å². The topological polar surface area (TPSA) is 44.4 Å². The van der Waals surface area contributed by atoms with E-state index in [0.717, 1.165) is 19.5 Å². The minimum absolute atomic E-state index is 0.0778. The predicted molar refractivity (Wildman–Crippen MR) is 77.7 cm³/mol. The van der Waals surface area contributed by atoms with Crippen molar-refractivity contribution in [2.75, 3.05) is 20.1 Å². The van der Waals surface area contributed by atoms with Gasteiger partial charge in [-0.15, -0.1) is 0 Å². The van der Waals surface area contributed by atoms with Crippen LogP contribution in [0.2, 0.25) is 0 Å². The third kappa shape index (κ3) is 6.97. The van der Waals surface area contributed by atoms with Crippen LogP contribution in [0, 0.1) is 0 Å². The predicted octanol–water partition coefficient (Wildman–Crippen LogP) is 1.61. The molecule has 0 aromatic heterocycles. The Morgan fingerprint density at radius 2 is 1.83 bits per heavy atom. The van der Waals surface area contributed by atoms with E-state index in [1.165, 1.54) is 0 Å². The maximum absolute atomic E-state index is 11.9. The third-order valence-corrected chi connectivity index (χ3v) is 3.54. The Morgan fingerprint density at radius 1 is 1.28 bits per heavy atom. The van der Waals surface area contributed by atoms with E-state index < -0.39 is 0 Å². The molecular formula is C14H31N3O. The average molecular weight is 257 g/mol. The fourth-order valence-electron chi connectivity index (χ4n) is 1.34. The molecule has 0 heterocycles. The lowest BCUT2D eigenvalue weighted by molar-refractivity contribution is -0.124. The summed E-state index contributed by atoms with van der Waals surface area (Å²) in [5, 5.41) is 6.31. The summed E-state index contributed by atoms with van der Waals surface area (Å²) in [5.74, 6) is 0.0778. The summed E-state index contributed by atoms with van der Waals surface area (Å²) in [6, 6.07) is 0.395. The van der Waals surface area contributed by atoms with Gasteiger partial charge in [-0.2, -0.15) is 0 Å². The van der Waals surface area contributed by atoms with Crippen LogP contribution in [0.1, 0.15) is 48.0 Å². The van der Waals surface area contributed by atoms with Gasteiger partial charge < -0.3 is 15.5 Å². The minimum atomic E-state index is -0.142. The zero-order chi connectivity index (χ0) is 14.3. The van der Waals surface area contributed by atoms with Crippen molar-refractivity contribution in [1.29, 1.82) is 0 Å². The molecule has 2 N–H and O–H groups in total. The molecule has 0 fully saturated rings. The number of rotatable bonds is 8. The van der Waals surface area contributed by atoms with E-state index in [4.69, 9.17) is 0 Å². The number of hydrogen-bond donors (Lipinski definition) is 2. The average Bonchev–Trinajstić information content (AvgIpc) is 2.27. The van der Waals surface area contributed by atoms with Gasteiger partial charge in [0.05, 0.1) is 6.04 Å². The molecule has 0 saturated heterocycles. The van der Waals surface area contributed by atoms with Gasteiger partial charge in [-0.25, -0.2) is 0 Å². The smallest absolute Gasteiger partial charge is 0.237 e. The summed E-state index contributed by atoms with van der Waals surface area (Å²) in [6.45, 7) is 14.2. The monoisotopic (exact) mass is 257 g/mol. The Balaban J connectivity index is 3.96. The van der Waals surface area contributed by atoms with E-state index in [0.29, 0.717) is 6.04 Å². The second-order valence-corrected chi connectivity index (χ2v) is 5.98. The first-order valence-electron chi connectivity index (χ1n) is 6.95. The fraction of sp³-hybridized carbons (Fsp3) is 0.929. The highest BCUT2D eigenvalue weighted by Gasteiger charge is 2.21. The van der Waals surface area contributed by atoms with Gasteiger partial charge in [-0.3, -0.25) is 4.79 Å². The number of nitrogens with one attached hydrogen (secondary N) is 2. The Labute approximate surface area is 113 Å². The van der Waals surface area contributed by atoms with Gasteiger partial charge in [0.25, 0.3) is 0 Å². The maximum Gasteiger partial charge on any atom is 0.237 e. The molecular weight excluding hydrogens is 226 g/mol. The standard InChI is InChI=1S/C14H31N3O/c1-8-14(5,6)16-13(18)12(4)15-9-10-17(7)11(2)3/h11-12,15H,8-10H2,1-7H3,(H,16,18). The second kappa shape index (κ2) is 7.74. The minimum Gasteiger partial charge on any atom is -0.350 e. The number of likely N-dealkylation sites (N-methyl/N-ethyl adjacent to an activating group) is 1. The van der Waals surface area contributed by atoms with Crippen molar-refractivity contribution < 1.29 is 4.79 Å². The summed E-state index contributed by atoms with van der Waals surface area (Å²) >= 11 is 0. The SMILES string of the molecule is CCC(C)(C)NC(=O)C(C)NCCN(C)C(C)C. The molecule has 4 nitrogen and oxygen atoms in total. The van der Waals surface area contributed by atoms with E-state index >= 15 is 0 Å². The second-order valence-electron chi connectivity index (χ2n) is 5.98. The van der Waals surface area contributed by atoms with Gasteiger partial charge in [0.1, 0.15) is 0 Å². The van der Waals surface area contributed by atoms with Crippen LogP contribution in [0.15, 0.2) is 0 Å². The summed E-state index contributed by atoms with van der Waals surface area (Å²) in [6.07, 6.45) is 0.932. The number of carbonyl (C=O) groups excluding carboxylic acids is 1. The number of hydrogen-bond acceptors (Lipinski definition) is 3. The summed E-state index contributed by atoms with van der Waals surface area (Å²) < 4.78 is 0. The van der Waals surface area contributed by atoms with Crippen LogP contribution in [0.4, 0.5) is 0 Å². The van der Waals surface area contributed by atoms with Crippen molar-refractivity contribution in [2.24, 2.45) is 0 Å². The first kappa shape index (κ1) is 17.4. The largest absolute Gasteiger partial charge is 0.350 e. The molecule has 0 aliphatic heterocycles. The fourth-order valence-corrected chi connectivity index (χ4v) is 1.34. The molecule has 0 radical (unpaired) electrons. The normalized spacial score (nSPS) is 14.1. The number of amides is 1. The van der Waals surface area contributed by atoms with Gasteiger partial charge in [-0.05, 0) is 48.1 Å². The lowest BCUT2D eigenvalue weighted by Crippen LogP contribution is -2.51. The van der Waals surface area contributed by atoms with Gasteiger partial charge in [0.2, 0.25) is 5.91 Å². The molecule has 18 heavy (non-hydrogen) atoms. The van der Waals surface area contributed by atoms with Crippen LogP contribution in [0.3, 0.4) is 0 Å². The molecule has 0 bridgehead atoms. The molecule has 0 spiro atoms. The van der Waals surface area contributed by atoms with Crippen LogP contribution >= 0.6 is 0 Å². The Morgan fingerprint density at radius 3 is 2.28 bits per heavy atom. The highest BCUT2D eigenvalue weighted by molar-refractivity contribution is 5.81. The first-order chi connectivity index (χ1) is 8.19. The molecule has 108 valence electrons. The molecule has 1 amide bonds. The van der Waals surface area contributed by atoms with Crippen molar-refractivity contribution >= 4 is 5.91 Å². The molecule has 0 aromatic rings. The van der Waals surface area contributed by atoms with Crippen molar-refractivity contribution in [3.05, 3.63) is 0 Å². The van der Waals surface area contributed by atoms with E-state index in [1.54, 1.807) is 0 Å². The highest BCUT2D eigenvalue weighted by Crippen LogP contribution is 2.06. The van der Waals surface area contributed by atoms with Crippen molar-refractivity contribution in [2.45, 2.75) is 65.6 Å². The summed E-state index contributed by atoms with van der Waals surface area (Å²) in [5.41, 5.74) is -0.123. The molecule has 4 heteroatoms. The van der Waals surface area contributed by atoms with E-state index in [9.17, 15) is 4.79 Å². The van der Waals surface area contributed by atoms with Crippen LogP contribution < -0.4 is 10.6 Å². The lowest BCUT2D eigenvalue weighted by Gasteiger charge is -2.27. The third-order valence-electron chi connectivity index (χ3n) is 3.54. The summed E-state index contributed by atoms with van der Waals surface area (Å²) in [4.78, 5) is 14.2. The molecule has 0 rings (SSSR count). The van der Waals surface area contributed by atoms with Crippen LogP contribution in [0.5, 0.6) is 0 Å². The van der Waals surface area contributed by atoms with E-state index in [-0.39, 0.29) is 17.5 Å². The number of carbonyl (C=O) groups is 1. The van der Waals surface area contributed by atoms with Gasteiger partial charge >= 0.3 is 0 Å². The lowest BCUT2D eigenvalue weighted by atomic mass is 10.0. The summed E-state index contributed by atoms with van der Waals surface area (Å²) in [7, 11) is 2.09. The van der Waals surface area contributed by atoms with Gasteiger partial charge in [0.15, 0.2) is 0 Å². The molecule has 0 aromatic carbocycles. The molecule has 1 atom stereocenters. The molecule has 0 aliphatic carbocycles. The zero-order valence-corrected chi connectivity index (χ0v) is 13.1. The van der Waals surface area contributed by atoms with Crippen LogP contribution in [-0.2, 0) is 4.79 Å². The van der Waals surface area contributed by atoms with Crippen molar-refractivity contribution in [1.82, 2.24) is 15.5 Å². The van der Waals surface area contributed by atoms with Gasteiger partial charge in [0, 0.05) is 24.7 Å². The van der Waals surface area contributed by atoms with Crippen LogP contribution in [0.25, 0.3) is 0 Å². The highest BCUT2D eigenvalue weighted by atomic mass is 16.2. The maximum atomic E-state index is 11.9. The first-order valence-corrected chi connectivity index (χ1v) is 6.95. The van der Waals surface area contributed by atoms with E-state index in [1.807, 2.05) is 20.8 Å². The van der Waals surface area contributed by atoms with Crippen LogP contribution in [-0.4, -0.2) is 48.6 Å². The Bertz CT molecular complexity index is 251. The quantitative estimate of drug-likeness (QED) is 0.694. The molecule has 0 saturated carbocycles. The van der Waals surface area contributed by atoms with Crippen molar-refractivity contribution in [3.8, 4) is 0 Å². The molecule has 0 aliphatic rings. The molecule has 1 unspecified atom stereocenters. The Hall–Kier alpha value is -0.610.